The van der Waals surface area contributed by atoms with Gasteiger partial charge in [0.15, 0.2) is 5.17 Å². The van der Waals surface area contributed by atoms with Crippen LogP contribution in [-0.2, 0) is 4.79 Å². The van der Waals surface area contributed by atoms with Crippen LogP contribution in [0.4, 0.5) is 0 Å². The fraction of sp³-hybridized carbons (Fsp3) is 0. The van der Waals surface area contributed by atoms with Gasteiger partial charge in [-0.15, -0.1) is 0 Å². The van der Waals surface area contributed by atoms with E-state index in [1.807, 2.05) is 0 Å². The molecule has 0 fully saturated rings. The van der Waals surface area contributed by atoms with Crippen molar-refractivity contribution >= 4 is 34.9 Å². The molecule has 1 aliphatic rings. The van der Waals surface area contributed by atoms with Crippen LogP contribution in [0.2, 0.25) is 0 Å². The van der Waals surface area contributed by atoms with Gasteiger partial charge in [0.1, 0.15) is 11.5 Å². The molecule has 7 heteroatoms. The molecule has 0 unspecified atom stereocenters. The topological polar surface area (TPSA) is 109 Å². The third kappa shape index (κ3) is 2.79. The zero-order chi connectivity index (χ0) is 15.7. The first-order chi connectivity index (χ1) is 10.5. The number of carbonyl (C=O) groups excluding carboxylic acids is 2. The Kier molecular flexibility index (Phi) is 3.56. The van der Waals surface area contributed by atoms with Crippen LogP contribution in [0.5, 0.6) is 0 Å². The Hall–Kier alpha value is -2.80. The lowest BCUT2D eigenvalue weighted by Crippen LogP contribution is -2.21. The predicted octanol–water partition coefficient (Wildman–Crippen LogP) is 1.24. The summed E-state index contributed by atoms with van der Waals surface area (Å²) in [5, 5.41) is 10.9. The number of hydrogen-bond donors (Lipinski definition) is 1. The number of thioether (sulfide) groups is 1. The van der Waals surface area contributed by atoms with E-state index >= 15 is 0 Å². The fourth-order valence-corrected chi connectivity index (χ4v) is 2.57. The summed E-state index contributed by atoms with van der Waals surface area (Å²) >= 11 is 1.09. The zero-order valence-corrected chi connectivity index (χ0v) is 11.9. The first-order valence-corrected chi connectivity index (χ1v) is 7.04. The molecule has 0 aliphatic carbocycles. The van der Waals surface area contributed by atoms with E-state index in [1.54, 1.807) is 30.3 Å². The number of nitrogens with two attached hydrogens (primary N) is 1. The van der Waals surface area contributed by atoms with Crippen molar-refractivity contribution in [2.75, 3.05) is 0 Å². The van der Waals surface area contributed by atoms with E-state index in [0.29, 0.717) is 16.4 Å². The normalized spacial score (nSPS) is 16.1. The van der Waals surface area contributed by atoms with Crippen molar-refractivity contribution in [2.45, 2.75) is 0 Å². The Morgan fingerprint density at radius 3 is 2.55 bits per heavy atom. The largest absolute Gasteiger partial charge is 0.545 e. The van der Waals surface area contributed by atoms with Gasteiger partial charge in [0.2, 0.25) is 0 Å². The number of aliphatic imine (C=N–C) groups is 1. The second kappa shape index (κ2) is 5.53. The van der Waals surface area contributed by atoms with Crippen LogP contribution in [0.25, 0.3) is 17.4 Å². The highest BCUT2D eigenvalue weighted by Crippen LogP contribution is 2.29. The molecule has 0 atom stereocenters. The van der Waals surface area contributed by atoms with Gasteiger partial charge in [0.25, 0.3) is 5.91 Å². The van der Waals surface area contributed by atoms with Gasteiger partial charge in [-0.1, -0.05) is 24.3 Å². The number of amidine groups is 1. The zero-order valence-electron chi connectivity index (χ0n) is 11.1. The third-order valence-electron chi connectivity index (χ3n) is 2.94. The molecule has 2 N–H and O–H groups in total. The summed E-state index contributed by atoms with van der Waals surface area (Å²) in [6, 6.07) is 9.56. The van der Waals surface area contributed by atoms with Crippen molar-refractivity contribution < 1.29 is 19.1 Å². The molecule has 0 spiro atoms. The summed E-state index contributed by atoms with van der Waals surface area (Å²) in [5.74, 6) is -0.578. The van der Waals surface area contributed by atoms with Crippen LogP contribution >= 0.6 is 11.8 Å². The predicted molar refractivity (Wildman–Crippen MR) is 80.7 cm³/mol. The maximum atomic E-state index is 11.5. The third-order valence-corrected chi connectivity index (χ3v) is 3.76. The van der Waals surface area contributed by atoms with Gasteiger partial charge in [-0.05, 0) is 29.5 Å². The molecular formula is C15H9N2O4S-. The summed E-state index contributed by atoms with van der Waals surface area (Å²) in [5.41, 5.74) is 6.29. The molecule has 1 aromatic heterocycles. The minimum Gasteiger partial charge on any atom is -0.545 e. The van der Waals surface area contributed by atoms with Crippen molar-refractivity contribution in [3.8, 4) is 11.3 Å². The number of carboxylic acids is 1. The monoisotopic (exact) mass is 313 g/mol. The molecule has 0 radical (unpaired) electrons. The van der Waals surface area contributed by atoms with Crippen molar-refractivity contribution in [3.63, 3.8) is 0 Å². The van der Waals surface area contributed by atoms with Crippen molar-refractivity contribution in [3.05, 3.63) is 52.6 Å². The highest BCUT2D eigenvalue weighted by molar-refractivity contribution is 8.18. The van der Waals surface area contributed by atoms with Crippen molar-refractivity contribution in [1.29, 1.82) is 0 Å². The Labute approximate surface area is 129 Å². The SMILES string of the molecule is NC1=NC(=O)/C(=C/c2ccc(-c3ccc(C(=O)[O-])cc3)o2)S1. The van der Waals surface area contributed by atoms with Crippen LogP contribution in [0.15, 0.2) is 50.7 Å². The second-order valence-electron chi connectivity index (χ2n) is 4.43. The Balaban J connectivity index is 1.84. The van der Waals surface area contributed by atoms with Crippen LogP contribution in [0, 0.1) is 0 Å². The van der Waals surface area contributed by atoms with Gasteiger partial charge in [0, 0.05) is 11.6 Å². The number of rotatable bonds is 3. The van der Waals surface area contributed by atoms with E-state index in [1.165, 1.54) is 12.1 Å². The standard InChI is InChI=1S/C15H10N2O4S/c16-15-17-13(18)12(22-15)7-10-5-6-11(21-10)8-1-3-9(4-2-8)14(19)20/h1-7H,(H,19,20)(H2,16,17,18)/p-1/b12-7-. The molecule has 3 rings (SSSR count). The molecule has 1 aromatic carbocycles. The minimum absolute atomic E-state index is 0.0956. The summed E-state index contributed by atoms with van der Waals surface area (Å²) < 4.78 is 5.62. The number of hydrogen-bond acceptors (Lipinski definition) is 6. The Bertz CT molecular complexity index is 818. The van der Waals surface area contributed by atoms with E-state index in [2.05, 4.69) is 4.99 Å². The number of benzene rings is 1. The average molecular weight is 313 g/mol. The fourth-order valence-electron chi connectivity index (χ4n) is 1.91. The molecule has 2 aromatic rings. The molecule has 0 saturated heterocycles. The lowest BCUT2D eigenvalue weighted by atomic mass is 10.1. The highest BCUT2D eigenvalue weighted by Gasteiger charge is 2.20. The lowest BCUT2D eigenvalue weighted by Gasteiger charge is -2.02. The van der Waals surface area contributed by atoms with Crippen LogP contribution in [0.3, 0.4) is 0 Å². The summed E-state index contributed by atoms with van der Waals surface area (Å²) in [7, 11) is 0. The van der Waals surface area contributed by atoms with E-state index in [9.17, 15) is 14.7 Å². The quantitative estimate of drug-likeness (QED) is 0.854. The van der Waals surface area contributed by atoms with Gasteiger partial charge in [-0.3, -0.25) is 4.79 Å². The summed E-state index contributed by atoms with van der Waals surface area (Å²) in [6.07, 6.45) is 1.56. The number of amides is 1. The molecule has 22 heavy (non-hydrogen) atoms. The van der Waals surface area contributed by atoms with Crippen molar-refractivity contribution in [1.82, 2.24) is 0 Å². The molecule has 6 nitrogen and oxygen atoms in total. The Morgan fingerprint density at radius 1 is 1.23 bits per heavy atom. The smallest absolute Gasteiger partial charge is 0.286 e. The van der Waals surface area contributed by atoms with Gasteiger partial charge in [-0.25, -0.2) is 0 Å². The molecule has 1 aliphatic heterocycles. The van der Waals surface area contributed by atoms with Gasteiger partial charge in [-0.2, -0.15) is 4.99 Å². The maximum absolute atomic E-state index is 11.5. The van der Waals surface area contributed by atoms with E-state index in [4.69, 9.17) is 10.2 Å². The molecule has 110 valence electrons. The summed E-state index contributed by atoms with van der Waals surface area (Å²) in [6.45, 7) is 0. The first-order valence-electron chi connectivity index (χ1n) is 6.22. The number of nitrogens with zero attached hydrogens (tertiary/aromatic N) is 1. The maximum Gasteiger partial charge on any atom is 0.286 e. The molecular weight excluding hydrogens is 304 g/mol. The second-order valence-corrected chi connectivity index (χ2v) is 5.49. The minimum atomic E-state index is -1.23. The highest BCUT2D eigenvalue weighted by atomic mass is 32.2. The number of furan rings is 1. The van der Waals surface area contributed by atoms with Crippen molar-refractivity contribution in [2.24, 2.45) is 10.7 Å². The van der Waals surface area contributed by atoms with Crippen LogP contribution < -0.4 is 10.8 Å². The van der Waals surface area contributed by atoms with Gasteiger partial charge in [0.05, 0.1) is 10.9 Å². The number of carbonyl (C=O) groups is 2. The molecule has 0 bridgehead atoms. The van der Waals surface area contributed by atoms with E-state index < -0.39 is 11.9 Å². The number of aromatic carboxylic acids is 1. The molecule has 2 heterocycles. The average Bonchev–Trinajstić information content (AvgIpc) is 3.06. The van der Waals surface area contributed by atoms with E-state index in [0.717, 1.165) is 17.3 Å². The van der Waals surface area contributed by atoms with E-state index in [-0.39, 0.29) is 10.7 Å². The van der Waals surface area contributed by atoms with Gasteiger partial charge >= 0.3 is 0 Å². The lowest BCUT2D eigenvalue weighted by molar-refractivity contribution is -0.255. The molecule has 1 amide bonds. The summed E-state index contributed by atoms with van der Waals surface area (Å²) in [4.78, 5) is 26.2. The Morgan fingerprint density at radius 2 is 1.95 bits per heavy atom. The van der Waals surface area contributed by atoms with Crippen LogP contribution in [-0.4, -0.2) is 17.0 Å². The number of carboxylic acid groups (broad SMARTS) is 1. The van der Waals surface area contributed by atoms with Gasteiger partial charge < -0.3 is 20.1 Å². The van der Waals surface area contributed by atoms with Crippen LogP contribution in [0.1, 0.15) is 16.1 Å². The molecule has 0 saturated carbocycles. The first kappa shape index (κ1) is 14.2.